The van der Waals surface area contributed by atoms with E-state index in [0.29, 0.717) is 10.6 Å². The molecule has 2 aromatic rings. The molecule has 106 valence electrons. The highest BCUT2D eigenvalue weighted by Crippen LogP contribution is 2.35. The Kier molecular flexibility index (Phi) is 3.89. The lowest BCUT2D eigenvalue weighted by Crippen LogP contribution is -2.38. The SMILES string of the molecule is Cc1cccc2c(N)c(C(=O)NC3CCCSC3)sc12. The second-order valence-electron chi connectivity index (χ2n) is 5.18. The first-order valence-electron chi connectivity index (χ1n) is 6.83. The summed E-state index contributed by atoms with van der Waals surface area (Å²) >= 11 is 3.41. The van der Waals surface area contributed by atoms with Gasteiger partial charge in [0.2, 0.25) is 0 Å². The molecule has 1 aliphatic heterocycles. The Hall–Kier alpha value is -1.20. The number of hydrogen-bond acceptors (Lipinski definition) is 4. The number of anilines is 1. The molecule has 1 fully saturated rings. The molecule has 1 atom stereocenters. The fourth-order valence-electron chi connectivity index (χ4n) is 2.55. The highest BCUT2D eigenvalue weighted by atomic mass is 32.2. The quantitative estimate of drug-likeness (QED) is 0.894. The number of carbonyl (C=O) groups excluding carboxylic acids is 1. The minimum atomic E-state index is -0.0180. The number of thiophene rings is 1. The molecule has 3 nitrogen and oxygen atoms in total. The summed E-state index contributed by atoms with van der Waals surface area (Å²) in [6.45, 7) is 2.05. The zero-order valence-electron chi connectivity index (χ0n) is 11.4. The summed E-state index contributed by atoms with van der Waals surface area (Å²) in [5.41, 5.74) is 7.95. The third-order valence-electron chi connectivity index (χ3n) is 3.65. The molecule has 0 radical (unpaired) electrons. The zero-order valence-corrected chi connectivity index (χ0v) is 13.1. The minimum Gasteiger partial charge on any atom is -0.397 e. The maximum Gasteiger partial charge on any atom is 0.263 e. The molecule has 0 saturated carbocycles. The van der Waals surface area contributed by atoms with Crippen molar-refractivity contribution in [3.63, 3.8) is 0 Å². The highest BCUT2D eigenvalue weighted by Gasteiger charge is 2.21. The van der Waals surface area contributed by atoms with E-state index in [1.165, 1.54) is 29.1 Å². The van der Waals surface area contributed by atoms with Crippen LogP contribution in [0.2, 0.25) is 0 Å². The predicted molar refractivity (Wildman–Crippen MR) is 88.8 cm³/mol. The topological polar surface area (TPSA) is 55.1 Å². The molecule has 20 heavy (non-hydrogen) atoms. The first-order chi connectivity index (χ1) is 9.66. The van der Waals surface area contributed by atoms with Crippen molar-refractivity contribution < 1.29 is 4.79 Å². The number of carbonyl (C=O) groups is 1. The second kappa shape index (κ2) is 5.66. The number of nitrogens with one attached hydrogen (secondary N) is 1. The molecule has 1 saturated heterocycles. The lowest BCUT2D eigenvalue weighted by Gasteiger charge is -2.22. The molecule has 5 heteroatoms. The molecular weight excluding hydrogens is 288 g/mol. The summed E-state index contributed by atoms with van der Waals surface area (Å²) in [6.07, 6.45) is 2.25. The number of aryl methyl sites for hydroxylation is 1. The van der Waals surface area contributed by atoms with E-state index >= 15 is 0 Å². The Morgan fingerprint density at radius 2 is 2.30 bits per heavy atom. The van der Waals surface area contributed by atoms with Gasteiger partial charge in [0.25, 0.3) is 5.91 Å². The van der Waals surface area contributed by atoms with Gasteiger partial charge < -0.3 is 11.1 Å². The largest absolute Gasteiger partial charge is 0.397 e. The number of nitrogen functional groups attached to an aromatic ring is 1. The van der Waals surface area contributed by atoms with Gasteiger partial charge in [-0.05, 0) is 31.1 Å². The van der Waals surface area contributed by atoms with Crippen molar-refractivity contribution in [3.05, 3.63) is 28.6 Å². The Bertz CT molecular complexity index is 645. The summed E-state index contributed by atoms with van der Waals surface area (Å²) in [6, 6.07) is 6.31. The van der Waals surface area contributed by atoms with E-state index in [0.717, 1.165) is 22.3 Å². The van der Waals surface area contributed by atoms with Crippen molar-refractivity contribution in [2.45, 2.75) is 25.8 Å². The molecule has 1 unspecified atom stereocenters. The summed E-state index contributed by atoms with van der Waals surface area (Å²) < 4.78 is 1.12. The molecule has 1 aromatic heterocycles. The average Bonchev–Trinajstić information content (AvgIpc) is 2.79. The van der Waals surface area contributed by atoms with Crippen LogP contribution in [0.4, 0.5) is 5.69 Å². The Morgan fingerprint density at radius 3 is 3.00 bits per heavy atom. The molecule has 0 spiro atoms. The highest BCUT2D eigenvalue weighted by molar-refractivity contribution is 7.99. The Balaban J connectivity index is 1.87. The van der Waals surface area contributed by atoms with Gasteiger partial charge >= 0.3 is 0 Å². The van der Waals surface area contributed by atoms with Gasteiger partial charge in [-0.15, -0.1) is 11.3 Å². The maximum atomic E-state index is 12.4. The number of amides is 1. The van der Waals surface area contributed by atoms with E-state index in [1.807, 2.05) is 23.9 Å². The van der Waals surface area contributed by atoms with Crippen LogP contribution in [0, 0.1) is 6.92 Å². The average molecular weight is 306 g/mol. The van der Waals surface area contributed by atoms with Gasteiger partial charge in [0.15, 0.2) is 0 Å². The van der Waals surface area contributed by atoms with Gasteiger partial charge in [0.05, 0.1) is 5.69 Å². The van der Waals surface area contributed by atoms with E-state index < -0.39 is 0 Å². The van der Waals surface area contributed by atoms with Gasteiger partial charge in [-0.2, -0.15) is 11.8 Å². The van der Waals surface area contributed by atoms with Crippen LogP contribution in [0.25, 0.3) is 10.1 Å². The van der Waals surface area contributed by atoms with Crippen molar-refractivity contribution >= 4 is 44.8 Å². The number of hydrogen-bond donors (Lipinski definition) is 2. The summed E-state index contributed by atoms with van der Waals surface area (Å²) in [4.78, 5) is 13.1. The number of benzene rings is 1. The smallest absolute Gasteiger partial charge is 0.263 e. The number of rotatable bonds is 2. The second-order valence-corrected chi connectivity index (χ2v) is 7.35. The van der Waals surface area contributed by atoms with Crippen LogP contribution in [-0.4, -0.2) is 23.5 Å². The molecule has 1 amide bonds. The van der Waals surface area contributed by atoms with Gasteiger partial charge in [-0.1, -0.05) is 18.2 Å². The van der Waals surface area contributed by atoms with E-state index in [2.05, 4.69) is 18.3 Å². The first-order valence-corrected chi connectivity index (χ1v) is 8.80. The zero-order chi connectivity index (χ0) is 14.1. The molecule has 0 bridgehead atoms. The van der Waals surface area contributed by atoms with Crippen LogP contribution in [0.3, 0.4) is 0 Å². The van der Waals surface area contributed by atoms with E-state index in [4.69, 9.17) is 5.73 Å². The van der Waals surface area contributed by atoms with Crippen LogP contribution < -0.4 is 11.1 Å². The van der Waals surface area contributed by atoms with Crippen molar-refractivity contribution in [3.8, 4) is 0 Å². The van der Waals surface area contributed by atoms with Crippen LogP contribution in [-0.2, 0) is 0 Å². The van der Waals surface area contributed by atoms with Gasteiger partial charge in [0, 0.05) is 21.9 Å². The maximum absolute atomic E-state index is 12.4. The third-order valence-corrected chi connectivity index (χ3v) is 6.22. The van der Waals surface area contributed by atoms with Crippen molar-refractivity contribution in [2.24, 2.45) is 0 Å². The molecule has 1 aliphatic rings. The Morgan fingerprint density at radius 1 is 1.45 bits per heavy atom. The normalized spacial score (nSPS) is 19.1. The van der Waals surface area contributed by atoms with Gasteiger partial charge in [0.1, 0.15) is 4.88 Å². The lowest BCUT2D eigenvalue weighted by molar-refractivity contribution is 0.0943. The predicted octanol–water partition coefficient (Wildman–Crippen LogP) is 3.42. The molecular formula is C15H18N2OS2. The number of fused-ring (bicyclic) bond motifs is 1. The molecule has 1 aromatic carbocycles. The fraction of sp³-hybridized carbons (Fsp3) is 0.400. The Labute approximate surface area is 126 Å². The van der Waals surface area contributed by atoms with Crippen LogP contribution >= 0.6 is 23.1 Å². The molecule has 3 rings (SSSR count). The minimum absolute atomic E-state index is 0.0180. The lowest BCUT2D eigenvalue weighted by atomic mass is 10.1. The molecule has 3 N–H and O–H groups in total. The van der Waals surface area contributed by atoms with Crippen molar-refractivity contribution in [1.29, 1.82) is 0 Å². The monoisotopic (exact) mass is 306 g/mol. The van der Waals surface area contributed by atoms with Crippen LogP contribution in [0.5, 0.6) is 0 Å². The number of nitrogens with two attached hydrogens (primary N) is 1. The molecule has 2 heterocycles. The van der Waals surface area contributed by atoms with Crippen molar-refractivity contribution in [1.82, 2.24) is 5.32 Å². The van der Waals surface area contributed by atoms with E-state index in [-0.39, 0.29) is 11.9 Å². The van der Waals surface area contributed by atoms with Gasteiger partial charge in [-0.3, -0.25) is 4.79 Å². The number of thioether (sulfide) groups is 1. The van der Waals surface area contributed by atoms with E-state index in [9.17, 15) is 4.79 Å². The first kappa shape index (κ1) is 13.8. The summed E-state index contributed by atoms with van der Waals surface area (Å²) in [5, 5.41) is 4.13. The van der Waals surface area contributed by atoms with E-state index in [1.54, 1.807) is 0 Å². The van der Waals surface area contributed by atoms with Crippen molar-refractivity contribution in [2.75, 3.05) is 17.2 Å². The van der Waals surface area contributed by atoms with Gasteiger partial charge in [-0.25, -0.2) is 0 Å². The summed E-state index contributed by atoms with van der Waals surface area (Å²) in [5.74, 6) is 2.20. The van der Waals surface area contributed by atoms with Crippen LogP contribution in [0.15, 0.2) is 18.2 Å². The third kappa shape index (κ3) is 2.52. The fourth-order valence-corrected chi connectivity index (χ4v) is 4.72. The summed E-state index contributed by atoms with van der Waals surface area (Å²) in [7, 11) is 0. The van der Waals surface area contributed by atoms with Crippen LogP contribution in [0.1, 0.15) is 28.1 Å². The molecule has 0 aliphatic carbocycles. The standard InChI is InChI=1S/C15H18N2OS2/c1-9-4-2-6-11-12(16)14(20-13(9)11)15(18)17-10-5-3-7-19-8-10/h2,4,6,10H,3,5,7-8,16H2,1H3,(H,17,18).